The smallest absolute Gasteiger partial charge is 0.257 e. The third-order valence-electron chi connectivity index (χ3n) is 2.81. The number of rotatable bonds is 3. The molecule has 2 aromatic heterocycles. The van der Waals surface area contributed by atoms with E-state index >= 15 is 0 Å². The van der Waals surface area contributed by atoms with Crippen LogP contribution in [0.5, 0.6) is 0 Å². The molecule has 0 bridgehead atoms. The van der Waals surface area contributed by atoms with Gasteiger partial charge < -0.3 is 9.32 Å². The Kier molecular flexibility index (Phi) is 2.99. The highest BCUT2D eigenvalue weighted by atomic mass is 16.3. The molecule has 2 aromatic rings. The molecule has 5 nitrogen and oxygen atoms in total. The normalized spacial score (nSPS) is 10.5. The fourth-order valence-corrected chi connectivity index (χ4v) is 1.64. The second-order valence-electron chi connectivity index (χ2n) is 4.06. The fraction of sp³-hybridized carbons (Fsp3) is 0.333. The van der Waals surface area contributed by atoms with Crippen molar-refractivity contribution < 1.29 is 9.21 Å². The molecule has 5 heteroatoms. The third-order valence-corrected chi connectivity index (χ3v) is 2.81. The summed E-state index contributed by atoms with van der Waals surface area (Å²) in [5.41, 5.74) is 2.48. The summed E-state index contributed by atoms with van der Waals surface area (Å²) >= 11 is 0. The number of carbonyl (C=O) groups is 1. The Morgan fingerprint density at radius 1 is 1.59 bits per heavy atom. The van der Waals surface area contributed by atoms with E-state index in [-0.39, 0.29) is 5.91 Å². The minimum atomic E-state index is -0.0307. The van der Waals surface area contributed by atoms with E-state index in [0.29, 0.717) is 12.1 Å². The maximum atomic E-state index is 12.1. The Balaban J connectivity index is 2.12. The zero-order chi connectivity index (χ0) is 12.4. The van der Waals surface area contributed by atoms with E-state index < -0.39 is 0 Å². The van der Waals surface area contributed by atoms with Gasteiger partial charge in [0.25, 0.3) is 5.91 Å². The number of hydrogen-bond acceptors (Lipinski definition) is 3. The lowest BCUT2D eigenvalue weighted by atomic mass is 10.2. The van der Waals surface area contributed by atoms with Crippen molar-refractivity contribution in [3.05, 3.63) is 41.6 Å². The van der Waals surface area contributed by atoms with Gasteiger partial charge in [-0.3, -0.25) is 9.48 Å². The average molecular weight is 233 g/mol. The van der Waals surface area contributed by atoms with Crippen molar-refractivity contribution in [2.75, 3.05) is 7.05 Å². The van der Waals surface area contributed by atoms with Gasteiger partial charge in [0, 0.05) is 31.9 Å². The van der Waals surface area contributed by atoms with Crippen molar-refractivity contribution in [1.29, 1.82) is 0 Å². The molecule has 0 fully saturated rings. The van der Waals surface area contributed by atoms with Gasteiger partial charge in [0.05, 0.1) is 24.3 Å². The van der Waals surface area contributed by atoms with E-state index in [9.17, 15) is 4.79 Å². The summed E-state index contributed by atoms with van der Waals surface area (Å²) < 4.78 is 6.67. The average Bonchev–Trinajstić information content (AvgIpc) is 2.90. The van der Waals surface area contributed by atoms with Crippen LogP contribution in [0.3, 0.4) is 0 Å². The first-order chi connectivity index (χ1) is 8.09. The molecule has 0 atom stereocenters. The Morgan fingerprint density at radius 3 is 2.88 bits per heavy atom. The van der Waals surface area contributed by atoms with E-state index in [4.69, 9.17) is 4.42 Å². The molecule has 0 aliphatic heterocycles. The number of furan rings is 1. The van der Waals surface area contributed by atoms with Crippen LogP contribution < -0.4 is 0 Å². The van der Waals surface area contributed by atoms with Gasteiger partial charge in [-0.1, -0.05) is 0 Å². The molecule has 0 N–H and O–H groups in total. The molecule has 0 saturated carbocycles. The van der Waals surface area contributed by atoms with Gasteiger partial charge in [0.1, 0.15) is 0 Å². The lowest BCUT2D eigenvalue weighted by molar-refractivity contribution is 0.0784. The lowest BCUT2D eigenvalue weighted by Gasteiger charge is -2.15. The molecule has 0 aromatic carbocycles. The largest absolute Gasteiger partial charge is 0.472 e. The number of carbonyl (C=O) groups excluding carboxylic acids is 1. The van der Waals surface area contributed by atoms with Gasteiger partial charge in [-0.2, -0.15) is 5.10 Å². The fourth-order valence-electron chi connectivity index (χ4n) is 1.64. The van der Waals surface area contributed by atoms with Crippen LogP contribution in [0.2, 0.25) is 0 Å². The van der Waals surface area contributed by atoms with E-state index in [2.05, 4.69) is 5.10 Å². The Hall–Kier alpha value is -2.04. The highest BCUT2D eigenvalue weighted by Gasteiger charge is 2.17. The molecule has 0 saturated heterocycles. The first-order valence-corrected chi connectivity index (χ1v) is 5.34. The van der Waals surface area contributed by atoms with Crippen molar-refractivity contribution in [2.45, 2.75) is 13.5 Å². The second kappa shape index (κ2) is 4.45. The summed E-state index contributed by atoms with van der Waals surface area (Å²) in [7, 11) is 3.59. The molecule has 2 rings (SSSR count). The summed E-state index contributed by atoms with van der Waals surface area (Å²) in [6, 6.07) is 1.85. The van der Waals surface area contributed by atoms with Crippen molar-refractivity contribution in [3.8, 4) is 0 Å². The first kappa shape index (κ1) is 11.4. The maximum Gasteiger partial charge on any atom is 0.257 e. The number of hydrogen-bond donors (Lipinski definition) is 0. The molecular weight excluding hydrogens is 218 g/mol. The van der Waals surface area contributed by atoms with Gasteiger partial charge in [-0.05, 0) is 13.0 Å². The van der Waals surface area contributed by atoms with Gasteiger partial charge >= 0.3 is 0 Å². The first-order valence-electron chi connectivity index (χ1n) is 5.34. The topological polar surface area (TPSA) is 51.3 Å². The highest BCUT2D eigenvalue weighted by Crippen LogP contribution is 2.11. The number of aryl methyl sites for hydroxylation is 1. The summed E-state index contributed by atoms with van der Waals surface area (Å²) in [5, 5.41) is 4.07. The minimum absolute atomic E-state index is 0.0307. The van der Waals surface area contributed by atoms with Crippen LogP contribution in [0.1, 0.15) is 21.6 Å². The molecule has 0 aliphatic rings. The van der Waals surface area contributed by atoms with E-state index in [1.165, 1.54) is 0 Å². The van der Waals surface area contributed by atoms with Crippen molar-refractivity contribution in [1.82, 2.24) is 14.7 Å². The molecular formula is C12H15N3O2. The molecule has 0 unspecified atom stereocenters. The summed E-state index contributed by atoms with van der Waals surface area (Å²) in [6.45, 7) is 2.41. The molecule has 1 amide bonds. The second-order valence-corrected chi connectivity index (χ2v) is 4.06. The summed E-state index contributed by atoms with van der Waals surface area (Å²) in [6.07, 6.45) is 4.84. The van der Waals surface area contributed by atoms with E-state index in [1.807, 2.05) is 20.0 Å². The standard InChI is InChI=1S/C12H15N3O2/c1-9-11(6-13-15(9)3)12(16)14(2)7-10-4-5-17-8-10/h4-6,8H,7H2,1-3H3. The van der Waals surface area contributed by atoms with Crippen LogP contribution >= 0.6 is 0 Å². The van der Waals surface area contributed by atoms with Crippen LogP contribution in [0.15, 0.2) is 29.2 Å². The van der Waals surface area contributed by atoms with Crippen molar-refractivity contribution >= 4 is 5.91 Å². The van der Waals surface area contributed by atoms with Crippen LogP contribution in [-0.4, -0.2) is 27.6 Å². The number of nitrogens with zero attached hydrogens (tertiary/aromatic N) is 3. The zero-order valence-corrected chi connectivity index (χ0v) is 10.2. The Morgan fingerprint density at radius 2 is 2.35 bits per heavy atom. The van der Waals surface area contributed by atoms with Gasteiger partial charge in [-0.15, -0.1) is 0 Å². The quantitative estimate of drug-likeness (QED) is 0.809. The van der Waals surface area contributed by atoms with E-state index in [1.54, 1.807) is 35.4 Å². The third kappa shape index (κ3) is 2.22. The molecule has 2 heterocycles. The lowest BCUT2D eigenvalue weighted by Crippen LogP contribution is -2.26. The predicted octanol–water partition coefficient (Wildman–Crippen LogP) is 1.59. The van der Waals surface area contributed by atoms with Crippen LogP contribution in [0, 0.1) is 6.92 Å². The number of amides is 1. The predicted molar refractivity (Wildman–Crippen MR) is 62.5 cm³/mol. The van der Waals surface area contributed by atoms with Crippen LogP contribution in [-0.2, 0) is 13.6 Å². The highest BCUT2D eigenvalue weighted by molar-refractivity contribution is 5.94. The molecule has 0 aliphatic carbocycles. The molecule has 17 heavy (non-hydrogen) atoms. The monoisotopic (exact) mass is 233 g/mol. The Bertz CT molecular complexity index is 514. The zero-order valence-electron chi connectivity index (χ0n) is 10.2. The summed E-state index contributed by atoms with van der Waals surface area (Å²) in [4.78, 5) is 13.8. The molecule has 0 spiro atoms. The van der Waals surface area contributed by atoms with Gasteiger partial charge in [0.15, 0.2) is 0 Å². The maximum absolute atomic E-state index is 12.1. The number of aromatic nitrogens is 2. The SMILES string of the molecule is Cc1c(C(=O)N(C)Cc2ccoc2)cnn1C. The molecule has 0 radical (unpaired) electrons. The van der Waals surface area contributed by atoms with Gasteiger partial charge in [-0.25, -0.2) is 0 Å². The van der Waals surface area contributed by atoms with Crippen molar-refractivity contribution in [2.24, 2.45) is 7.05 Å². The van der Waals surface area contributed by atoms with Gasteiger partial charge in [0.2, 0.25) is 0 Å². The van der Waals surface area contributed by atoms with E-state index in [0.717, 1.165) is 11.3 Å². The Labute approximate surface area is 99.6 Å². The van der Waals surface area contributed by atoms with Crippen molar-refractivity contribution in [3.63, 3.8) is 0 Å². The minimum Gasteiger partial charge on any atom is -0.472 e. The molecule has 90 valence electrons. The summed E-state index contributed by atoms with van der Waals surface area (Å²) in [5.74, 6) is -0.0307. The van der Waals surface area contributed by atoms with Crippen LogP contribution in [0.4, 0.5) is 0 Å². The van der Waals surface area contributed by atoms with Crippen LogP contribution in [0.25, 0.3) is 0 Å².